The molecule has 0 saturated heterocycles. The van der Waals surface area contributed by atoms with E-state index in [-0.39, 0.29) is 78.2 Å². The summed E-state index contributed by atoms with van der Waals surface area (Å²) in [6.45, 7) is 42.9. The SMILES string of the molecule is CC(C)[PH+](CC[PH+](C(C)C)C(C)C)C(C)C.CC(C)[PH+](CC[PH+](C(C)C)C(C)C)C(C)C.CC(C)[S-].[Ni].[Ni].[SH-]. The standard InChI is InChI=1S/2C14H32P2.C3H8S.2Ni.H2S/c2*1-11(2)15(12(3)4)9-10-16(13(5)6)14(7)8;1-3(2)4;;;/h2*11-14H,9-10H2,1-8H3;3-4H,1-2H3;;;1H2/p+2. The maximum atomic E-state index is 4.62. The van der Waals surface area contributed by atoms with E-state index >= 15 is 0 Å². The van der Waals surface area contributed by atoms with E-state index in [0.717, 1.165) is 45.3 Å². The fourth-order valence-electron chi connectivity index (χ4n) is 5.55. The van der Waals surface area contributed by atoms with Crippen molar-refractivity contribution in [3.8, 4) is 0 Å². The summed E-state index contributed by atoms with van der Waals surface area (Å²) in [7, 11) is -0.458. The largest absolute Gasteiger partial charge is 0.813 e. The van der Waals surface area contributed by atoms with E-state index in [1.807, 2.05) is 13.8 Å². The van der Waals surface area contributed by atoms with Crippen molar-refractivity contribution in [2.75, 3.05) is 24.6 Å². The molecule has 250 valence electrons. The predicted molar refractivity (Wildman–Crippen MR) is 205 cm³/mol. The molecule has 0 aromatic rings. The first-order chi connectivity index (χ1) is 16.3. The number of rotatable bonds is 14. The van der Waals surface area contributed by atoms with Crippen LogP contribution in [0.1, 0.15) is 125 Å². The quantitative estimate of drug-likeness (QED) is 0.0750. The van der Waals surface area contributed by atoms with Crippen molar-refractivity contribution in [3.05, 3.63) is 0 Å². The Balaban J connectivity index is -0.000000115. The summed E-state index contributed by atoms with van der Waals surface area (Å²) >= 11 is 4.62. The van der Waals surface area contributed by atoms with Gasteiger partial charge in [0.05, 0.1) is 69.9 Å². The molecule has 0 bridgehead atoms. The summed E-state index contributed by atoms with van der Waals surface area (Å²) in [5, 5.41) is 0.417. The van der Waals surface area contributed by atoms with Gasteiger partial charge in [-0.3, -0.25) is 0 Å². The molecule has 0 unspecified atom stereocenters. The molecule has 0 aliphatic carbocycles. The fourth-order valence-corrected chi connectivity index (χ4v) is 20.1. The molecule has 0 aromatic heterocycles. The predicted octanol–water partition coefficient (Wildman–Crippen LogP) is 10.8. The zero-order valence-electron chi connectivity index (χ0n) is 29.5. The van der Waals surface area contributed by atoms with E-state index in [9.17, 15) is 0 Å². The number of hydrogen-bond donors (Lipinski definition) is 0. The van der Waals surface area contributed by atoms with Crippen LogP contribution in [0.2, 0.25) is 0 Å². The van der Waals surface area contributed by atoms with Crippen LogP contribution in [-0.4, -0.2) is 75.2 Å². The minimum absolute atomic E-state index is 0. The van der Waals surface area contributed by atoms with Gasteiger partial charge in [-0.2, -0.15) is 5.25 Å². The van der Waals surface area contributed by atoms with Gasteiger partial charge in [0.2, 0.25) is 0 Å². The summed E-state index contributed by atoms with van der Waals surface area (Å²) < 4.78 is 0. The first kappa shape index (κ1) is 54.9. The van der Waals surface area contributed by atoms with Gasteiger partial charge < -0.3 is 26.1 Å². The average Bonchev–Trinajstić information content (AvgIpc) is 2.65. The molecule has 0 spiro atoms. The van der Waals surface area contributed by atoms with E-state index in [2.05, 4.69) is 123 Å². The molecule has 0 radical (unpaired) electrons. The van der Waals surface area contributed by atoms with E-state index in [1.54, 1.807) is 24.6 Å². The summed E-state index contributed by atoms with van der Waals surface area (Å²) in [6, 6.07) is 0. The van der Waals surface area contributed by atoms with Crippen LogP contribution in [0.5, 0.6) is 0 Å². The summed E-state index contributed by atoms with van der Waals surface area (Å²) in [4.78, 5) is 0. The van der Waals surface area contributed by atoms with Gasteiger partial charge in [0.15, 0.2) is 0 Å². The average molecular weight is 754 g/mol. The van der Waals surface area contributed by atoms with E-state index in [0.29, 0.717) is 5.25 Å². The van der Waals surface area contributed by atoms with Gasteiger partial charge in [0.1, 0.15) is 0 Å². The van der Waals surface area contributed by atoms with Crippen molar-refractivity contribution >= 4 is 57.8 Å². The second-order valence-electron chi connectivity index (χ2n) is 13.6. The number of thiol groups is 1. The van der Waals surface area contributed by atoms with Gasteiger partial charge in [-0.15, -0.1) is 0 Å². The normalized spacial score (nSPS) is 11.7. The summed E-state index contributed by atoms with van der Waals surface area (Å²) in [5.74, 6) is 0. The molecule has 0 rings (SSSR count). The van der Waals surface area contributed by atoms with Crippen LogP contribution in [0.3, 0.4) is 0 Å². The molecule has 0 fully saturated rings. The van der Waals surface area contributed by atoms with E-state index in [1.165, 1.54) is 0 Å². The van der Waals surface area contributed by atoms with Gasteiger partial charge in [0.25, 0.3) is 0 Å². The summed E-state index contributed by atoms with van der Waals surface area (Å²) in [6.07, 6.45) is 6.24. The molecule has 0 aromatic carbocycles. The smallest absolute Gasteiger partial charge is 0.0910 e. The first-order valence-corrected chi connectivity index (χ1v) is 23.3. The van der Waals surface area contributed by atoms with Crippen LogP contribution < -0.4 is 0 Å². The Morgan fingerprint density at radius 1 is 0.333 bits per heavy atom. The molecule has 0 atom stereocenters. The third-order valence-electron chi connectivity index (χ3n) is 7.34. The first-order valence-electron chi connectivity index (χ1n) is 15.4. The number of hydrogen-bond acceptors (Lipinski definition) is 2. The third kappa shape index (κ3) is 31.2. The van der Waals surface area contributed by atoms with Crippen molar-refractivity contribution in [1.82, 2.24) is 0 Å². The fraction of sp³-hybridized carbons (Fsp3) is 1.00. The maximum absolute atomic E-state index is 4.62. The minimum Gasteiger partial charge on any atom is -0.813 e. The van der Waals surface area contributed by atoms with Gasteiger partial charge in [-0.25, -0.2) is 0 Å². The molecule has 0 nitrogen and oxygen atoms in total. The van der Waals surface area contributed by atoms with Crippen molar-refractivity contribution < 1.29 is 33.0 Å². The van der Waals surface area contributed by atoms with Crippen molar-refractivity contribution in [2.45, 2.75) is 175 Å². The Bertz CT molecular complexity index is 374. The molecule has 0 aliphatic rings. The molecular weight excluding hydrogens is 678 g/mol. The maximum Gasteiger partial charge on any atom is 0.0910 e. The molecule has 0 saturated carbocycles. The van der Waals surface area contributed by atoms with E-state index in [4.69, 9.17) is 0 Å². The molecule has 39 heavy (non-hydrogen) atoms. The van der Waals surface area contributed by atoms with Crippen LogP contribution in [0.15, 0.2) is 0 Å². The second kappa shape index (κ2) is 31.4. The zero-order chi connectivity index (χ0) is 29.3. The Morgan fingerprint density at radius 2 is 0.410 bits per heavy atom. The van der Waals surface area contributed by atoms with Crippen LogP contribution in [0.4, 0.5) is 0 Å². The second-order valence-corrected chi connectivity index (χ2v) is 30.4. The van der Waals surface area contributed by atoms with Crippen LogP contribution >= 0.6 is 31.7 Å². The van der Waals surface area contributed by atoms with Gasteiger partial charge in [0, 0.05) is 64.7 Å². The summed E-state index contributed by atoms with van der Waals surface area (Å²) in [5.41, 5.74) is 7.61. The Morgan fingerprint density at radius 3 is 0.462 bits per heavy atom. The van der Waals surface area contributed by atoms with E-state index < -0.39 is 0 Å². The topological polar surface area (TPSA) is 0 Å². The third-order valence-corrected chi connectivity index (χ3v) is 23.5. The molecule has 0 aliphatic heterocycles. The Kier molecular flexibility index (Phi) is 44.2. The van der Waals surface area contributed by atoms with Crippen molar-refractivity contribution in [1.29, 1.82) is 0 Å². The van der Waals surface area contributed by atoms with Gasteiger partial charge in [-0.05, 0) is 111 Å². The molecular formula is C31H76Ni2P4S2+2. The molecule has 0 amide bonds. The van der Waals surface area contributed by atoms with Crippen molar-refractivity contribution in [3.63, 3.8) is 0 Å². The monoisotopic (exact) mass is 752 g/mol. The Hall–Kier alpha value is 3.41. The Labute approximate surface area is 288 Å². The zero-order valence-corrected chi connectivity index (χ0v) is 37.2. The molecule has 0 N–H and O–H groups in total. The van der Waals surface area contributed by atoms with Crippen molar-refractivity contribution in [2.24, 2.45) is 0 Å². The van der Waals surface area contributed by atoms with Gasteiger partial charge >= 0.3 is 0 Å². The van der Waals surface area contributed by atoms with Gasteiger partial charge in [-0.1, -0.05) is 13.8 Å². The minimum atomic E-state index is -0.114. The van der Waals surface area contributed by atoms with Crippen LogP contribution in [-0.2, 0) is 59.1 Å². The molecule has 0 heterocycles. The van der Waals surface area contributed by atoms with Crippen LogP contribution in [0.25, 0.3) is 0 Å². The molecule has 8 heteroatoms. The van der Waals surface area contributed by atoms with Crippen LogP contribution in [0, 0.1) is 0 Å².